The molecule has 0 radical (unpaired) electrons. The van der Waals surface area contributed by atoms with Crippen LogP contribution in [0.1, 0.15) is 0 Å². The van der Waals surface area contributed by atoms with Crippen molar-refractivity contribution in [1.82, 2.24) is 0 Å². The maximum Gasteiger partial charge on any atom is 0.165 e. The Morgan fingerprint density at radius 2 is 1.88 bits per heavy atom. The molecule has 0 heterocycles. The second-order valence-corrected chi connectivity index (χ2v) is 5.86. The van der Waals surface area contributed by atoms with Crippen LogP contribution in [0.25, 0.3) is 0 Å². The predicted molar refractivity (Wildman–Crippen MR) is 71.1 cm³/mol. The summed E-state index contributed by atoms with van der Waals surface area (Å²) in [5.74, 6) is 0.610. The van der Waals surface area contributed by atoms with Gasteiger partial charge in [-0.1, -0.05) is 36.9 Å². The summed E-state index contributed by atoms with van der Waals surface area (Å²) in [6, 6.07) is 10.6. The first-order valence-electron chi connectivity index (χ1n) is 5.41. The molecule has 0 saturated heterocycles. The minimum Gasteiger partial charge on any atom is -0.0689 e. The van der Waals surface area contributed by atoms with Crippen molar-refractivity contribution in [2.24, 2.45) is 5.92 Å². The van der Waals surface area contributed by atoms with E-state index in [0.717, 1.165) is 0 Å². The molecule has 16 heavy (non-hydrogen) atoms. The van der Waals surface area contributed by atoms with Crippen LogP contribution in [0.2, 0.25) is 0 Å². The molecule has 1 aromatic carbocycles. The van der Waals surface area contributed by atoms with Gasteiger partial charge in [0.2, 0.25) is 0 Å². The van der Waals surface area contributed by atoms with Crippen molar-refractivity contribution in [2.45, 2.75) is 4.90 Å². The zero-order chi connectivity index (χ0) is 11.0. The topological polar surface area (TPSA) is 0 Å². The summed E-state index contributed by atoms with van der Waals surface area (Å²) in [6.45, 7) is 3.97. The summed E-state index contributed by atoms with van der Waals surface area (Å²) < 4.78 is 0. The molecule has 2 aliphatic rings. The molecule has 0 saturated carbocycles. The van der Waals surface area contributed by atoms with Gasteiger partial charge in [-0.2, -0.15) is 0 Å². The Bertz CT molecular complexity index is 505. The SMILES string of the molecule is C=C[S+](C1=CC2C=C2C=C1)c1ccccc1. The zero-order valence-electron chi connectivity index (χ0n) is 8.97. The fraction of sp³-hybridized carbons (Fsp3) is 0.0667. The van der Waals surface area contributed by atoms with Gasteiger partial charge in [-0.05, 0) is 29.9 Å². The first-order chi connectivity index (χ1) is 7.88. The van der Waals surface area contributed by atoms with Crippen molar-refractivity contribution >= 4 is 10.9 Å². The lowest BCUT2D eigenvalue weighted by molar-refractivity contribution is 1.18. The third-order valence-electron chi connectivity index (χ3n) is 2.85. The Morgan fingerprint density at radius 1 is 1.06 bits per heavy atom. The minimum atomic E-state index is 0.0296. The second kappa shape index (κ2) is 3.84. The zero-order valence-corrected chi connectivity index (χ0v) is 9.78. The lowest BCUT2D eigenvalue weighted by Gasteiger charge is -2.06. The maximum atomic E-state index is 3.97. The Hall–Kier alpha value is -1.47. The van der Waals surface area contributed by atoms with Crippen molar-refractivity contribution in [3.05, 3.63) is 77.1 Å². The van der Waals surface area contributed by atoms with Crippen molar-refractivity contribution in [3.8, 4) is 0 Å². The number of rotatable bonds is 3. The van der Waals surface area contributed by atoms with Gasteiger partial charge in [0, 0.05) is 5.92 Å². The average molecular weight is 225 g/mol. The molecule has 0 aromatic heterocycles. The van der Waals surface area contributed by atoms with Gasteiger partial charge in [0.05, 0.1) is 10.9 Å². The van der Waals surface area contributed by atoms with E-state index in [1.54, 1.807) is 0 Å². The molecule has 78 valence electrons. The predicted octanol–water partition coefficient (Wildman–Crippen LogP) is 3.82. The third kappa shape index (κ3) is 1.68. The van der Waals surface area contributed by atoms with Crippen molar-refractivity contribution < 1.29 is 0 Å². The fourth-order valence-corrected chi connectivity index (χ4v) is 3.54. The van der Waals surface area contributed by atoms with Gasteiger partial charge < -0.3 is 0 Å². The van der Waals surface area contributed by atoms with Gasteiger partial charge in [0.1, 0.15) is 5.41 Å². The van der Waals surface area contributed by atoms with E-state index in [-0.39, 0.29) is 10.9 Å². The molecular formula is C15H13S+. The van der Waals surface area contributed by atoms with Gasteiger partial charge in [0.15, 0.2) is 9.80 Å². The smallest absolute Gasteiger partial charge is 0.0689 e. The summed E-state index contributed by atoms with van der Waals surface area (Å²) in [5, 5.41) is 2.05. The van der Waals surface area contributed by atoms with E-state index < -0.39 is 0 Å². The Morgan fingerprint density at radius 3 is 2.56 bits per heavy atom. The van der Waals surface area contributed by atoms with Crippen LogP contribution in [0.15, 0.2) is 82.0 Å². The minimum absolute atomic E-state index is 0.0296. The van der Waals surface area contributed by atoms with Crippen LogP contribution in [0, 0.1) is 5.92 Å². The first-order valence-corrected chi connectivity index (χ1v) is 6.69. The molecule has 0 amide bonds. The molecule has 2 aliphatic carbocycles. The van der Waals surface area contributed by atoms with Crippen LogP contribution in [-0.4, -0.2) is 0 Å². The van der Waals surface area contributed by atoms with E-state index in [2.05, 4.69) is 66.6 Å². The van der Waals surface area contributed by atoms with Gasteiger partial charge in [-0.3, -0.25) is 0 Å². The van der Waals surface area contributed by atoms with Gasteiger partial charge in [0.25, 0.3) is 0 Å². The van der Waals surface area contributed by atoms with Crippen molar-refractivity contribution in [1.29, 1.82) is 0 Å². The van der Waals surface area contributed by atoms with E-state index in [1.165, 1.54) is 15.4 Å². The molecular weight excluding hydrogens is 212 g/mol. The quantitative estimate of drug-likeness (QED) is 0.686. The molecule has 1 heteroatoms. The molecule has 0 aliphatic heterocycles. The number of allylic oxidation sites excluding steroid dienone is 5. The van der Waals surface area contributed by atoms with Crippen LogP contribution in [0.5, 0.6) is 0 Å². The molecule has 2 unspecified atom stereocenters. The van der Waals surface area contributed by atoms with Gasteiger partial charge in [-0.15, -0.1) is 0 Å². The van der Waals surface area contributed by atoms with Gasteiger partial charge in [-0.25, -0.2) is 0 Å². The fourth-order valence-electron chi connectivity index (χ4n) is 1.92. The molecule has 0 N–H and O–H groups in total. The lowest BCUT2D eigenvalue weighted by Crippen LogP contribution is -2.02. The van der Waals surface area contributed by atoms with Crippen LogP contribution >= 0.6 is 0 Å². The third-order valence-corrected chi connectivity index (χ3v) is 4.74. The largest absolute Gasteiger partial charge is 0.165 e. The highest BCUT2D eigenvalue weighted by Crippen LogP contribution is 2.39. The summed E-state index contributed by atoms with van der Waals surface area (Å²) >= 11 is 0. The maximum absolute atomic E-state index is 3.97. The Balaban J connectivity index is 1.92. The second-order valence-electron chi connectivity index (χ2n) is 3.91. The highest BCUT2D eigenvalue weighted by Gasteiger charge is 2.31. The van der Waals surface area contributed by atoms with Crippen LogP contribution in [0.4, 0.5) is 0 Å². The standard InChI is InChI=1S/C15H13S/c1-2-16(14-6-4-3-5-7-14)15-9-8-12-10-13(12)11-15/h2-11,13H,1H2/q+1. The van der Waals surface area contributed by atoms with Crippen molar-refractivity contribution in [3.63, 3.8) is 0 Å². The molecule has 0 nitrogen and oxygen atoms in total. The molecule has 2 atom stereocenters. The van der Waals surface area contributed by atoms with Crippen LogP contribution in [0.3, 0.4) is 0 Å². The average Bonchev–Trinajstić information content (AvgIpc) is 3.10. The molecule has 0 bridgehead atoms. The van der Waals surface area contributed by atoms with E-state index in [9.17, 15) is 0 Å². The number of benzene rings is 1. The Labute approximate surface area is 99.0 Å². The summed E-state index contributed by atoms with van der Waals surface area (Å²) in [5.41, 5.74) is 1.46. The molecule has 3 rings (SSSR count). The molecule has 1 aromatic rings. The van der Waals surface area contributed by atoms with Crippen LogP contribution in [-0.2, 0) is 10.9 Å². The van der Waals surface area contributed by atoms with Crippen LogP contribution < -0.4 is 0 Å². The first kappa shape index (κ1) is 9.73. The molecule has 0 fully saturated rings. The highest BCUT2D eigenvalue weighted by atomic mass is 32.2. The number of hydrogen-bond donors (Lipinski definition) is 0. The summed E-state index contributed by atoms with van der Waals surface area (Å²) in [6.07, 6.45) is 9.10. The van der Waals surface area contributed by atoms with E-state index in [1.807, 2.05) is 0 Å². The summed E-state index contributed by atoms with van der Waals surface area (Å²) in [4.78, 5) is 2.74. The van der Waals surface area contributed by atoms with E-state index in [4.69, 9.17) is 0 Å². The number of hydrogen-bond acceptors (Lipinski definition) is 0. The number of fused-ring (bicyclic) bond motifs is 1. The Kier molecular flexibility index (Phi) is 2.33. The lowest BCUT2D eigenvalue weighted by atomic mass is 10.2. The normalized spacial score (nSPS) is 22.9. The molecule has 0 spiro atoms. The van der Waals surface area contributed by atoms with E-state index >= 15 is 0 Å². The van der Waals surface area contributed by atoms with Gasteiger partial charge >= 0.3 is 0 Å². The summed E-state index contributed by atoms with van der Waals surface area (Å²) in [7, 11) is 0.0296. The highest BCUT2D eigenvalue weighted by molar-refractivity contribution is 8.03. The van der Waals surface area contributed by atoms with E-state index in [0.29, 0.717) is 5.92 Å². The monoisotopic (exact) mass is 225 g/mol. The van der Waals surface area contributed by atoms with Crippen molar-refractivity contribution in [2.75, 3.05) is 0 Å².